The quantitative estimate of drug-likeness (QED) is 0.775. The summed E-state index contributed by atoms with van der Waals surface area (Å²) < 4.78 is 0. The van der Waals surface area contributed by atoms with E-state index in [1.165, 1.54) is 25.9 Å². The highest BCUT2D eigenvalue weighted by atomic mass is 16.2. The van der Waals surface area contributed by atoms with Crippen molar-refractivity contribution >= 4 is 11.8 Å². The molecule has 1 saturated carbocycles. The molecule has 2 amide bonds. The van der Waals surface area contributed by atoms with E-state index < -0.39 is 5.54 Å². The van der Waals surface area contributed by atoms with Gasteiger partial charge in [0.25, 0.3) is 0 Å². The molecule has 1 aliphatic carbocycles. The second kappa shape index (κ2) is 4.97. The molecule has 5 fully saturated rings. The van der Waals surface area contributed by atoms with Crippen LogP contribution in [0.4, 0.5) is 0 Å². The number of carbonyl (C=O) groups is 2. The van der Waals surface area contributed by atoms with Crippen molar-refractivity contribution in [1.82, 2.24) is 15.1 Å². The monoisotopic (exact) mass is 291 g/mol. The molecule has 1 spiro atoms. The fourth-order valence-corrected chi connectivity index (χ4v) is 4.90. The Hall–Kier alpha value is -1.10. The van der Waals surface area contributed by atoms with Crippen LogP contribution in [0.1, 0.15) is 44.9 Å². The molecule has 116 valence electrons. The van der Waals surface area contributed by atoms with Crippen LogP contribution in [-0.2, 0) is 9.59 Å². The van der Waals surface area contributed by atoms with Gasteiger partial charge in [-0.1, -0.05) is 12.8 Å². The smallest absolute Gasteiger partial charge is 0.248 e. The molecule has 4 saturated heterocycles. The van der Waals surface area contributed by atoms with Crippen LogP contribution in [0.2, 0.25) is 0 Å². The zero-order valence-electron chi connectivity index (χ0n) is 12.6. The summed E-state index contributed by atoms with van der Waals surface area (Å²) in [6.45, 7) is 4.00. The van der Waals surface area contributed by atoms with Gasteiger partial charge in [0.2, 0.25) is 11.8 Å². The van der Waals surface area contributed by atoms with E-state index in [1.807, 2.05) is 0 Å². The van der Waals surface area contributed by atoms with Gasteiger partial charge in [0.05, 0.1) is 0 Å². The van der Waals surface area contributed by atoms with Gasteiger partial charge in [0.1, 0.15) is 5.54 Å². The summed E-state index contributed by atoms with van der Waals surface area (Å²) in [5, 5.41) is 3.07. The van der Waals surface area contributed by atoms with E-state index in [1.54, 1.807) is 0 Å². The molecule has 4 aliphatic heterocycles. The molecule has 5 heteroatoms. The van der Waals surface area contributed by atoms with Crippen LogP contribution in [-0.4, -0.2) is 59.4 Å². The van der Waals surface area contributed by atoms with Crippen molar-refractivity contribution in [1.29, 1.82) is 0 Å². The van der Waals surface area contributed by atoms with Gasteiger partial charge in [0, 0.05) is 25.6 Å². The maximum atomic E-state index is 13.2. The third kappa shape index (κ3) is 2.17. The lowest BCUT2D eigenvalue weighted by Crippen LogP contribution is -2.63. The van der Waals surface area contributed by atoms with Crippen LogP contribution in [0, 0.1) is 5.92 Å². The van der Waals surface area contributed by atoms with Crippen molar-refractivity contribution in [3.05, 3.63) is 0 Å². The van der Waals surface area contributed by atoms with Crippen molar-refractivity contribution in [3.8, 4) is 0 Å². The van der Waals surface area contributed by atoms with Gasteiger partial charge in [0.15, 0.2) is 0 Å². The first-order valence-electron chi connectivity index (χ1n) is 8.52. The summed E-state index contributed by atoms with van der Waals surface area (Å²) in [6.07, 6.45) is 6.66. The third-order valence-electron chi connectivity index (χ3n) is 6.11. The zero-order chi connectivity index (χ0) is 14.4. The molecule has 0 aromatic carbocycles. The topological polar surface area (TPSA) is 52.7 Å². The normalized spacial score (nSPS) is 38.7. The minimum Gasteiger partial charge on any atom is -0.342 e. The van der Waals surface area contributed by atoms with E-state index in [0.717, 1.165) is 32.2 Å². The molecular weight excluding hydrogens is 266 g/mol. The first kappa shape index (κ1) is 13.6. The Morgan fingerprint density at radius 1 is 1.05 bits per heavy atom. The summed E-state index contributed by atoms with van der Waals surface area (Å²) in [7, 11) is 0. The van der Waals surface area contributed by atoms with Gasteiger partial charge in [-0.05, 0) is 44.7 Å². The highest BCUT2D eigenvalue weighted by Crippen LogP contribution is 2.37. The van der Waals surface area contributed by atoms with Gasteiger partial charge in [-0.25, -0.2) is 0 Å². The van der Waals surface area contributed by atoms with Gasteiger partial charge in [-0.2, -0.15) is 0 Å². The van der Waals surface area contributed by atoms with Gasteiger partial charge in [-0.3, -0.25) is 9.59 Å². The number of carbonyl (C=O) groups excluding carboxylic acids is 2. The van der Waals surface area contributed by atoms with E-state index in [2.05, 4.69) is 15.1 Å². The lowest BCUT2D eigenvalue weighted by Gasteiger charge is -2.50. The lowest BCUT2D eigenvalue weighted by atomic mass is 9.82. The fraction of sp³-hybridized carbons (Fsp3) is 0.875. The number of piperidine rings is 3. The van der Waals surface area contributed by atoms with Crippen LogP contribution in [0.25, 0.3) is 0 Å². The molecule has 0 radical (unpaired) electrons. The molecule has 5 aliphatic rings. The van der Waals surface area contributed by atoms with Crippen molar-refractivity contribution < 1.29 is 9.59 Å². The largest absolute Gasteiger partial charge is 0.342 e. The average Bonchev–Trinajstić information content (AvgIpc) is 2.93. The van der Waals surface area contributed by atoms with Gasteiger partial charge in [-0.15, -0.1) is 0 Å². The maximum absolute atomic E-state index is 13.2. The van der Waals surface area contributed by atoms with Crippen LogP contribution >= 0.6 is 0 Å². The minimum absolute atomic E-state index is 0.0639. The number of rotatable bonds is 1. The molecule has 21 heavy (non-hydrogen) atoms. The molecule has 0 aromatic rings. The molecule has 1 unspecified atom stereocenters. The fourth-order valence-electron chi connectivity index (χ4n) is 4.90. The Balaban J connectivity index is 1.61. The van der Waals surface area contributed by atoms with Crippen molar-refractivity contribution in [2.24, 2.45) is 5.92 Å². The van der Waals surface area contributed by atoms with Crippen LogP contribution in [0.15, 0.2) is 0 Å². The molecular formula is C16H25N3O2. The Morgan fingerprint density at radius 2 is 1.76 bits per heavy atom. The lowest BCUT2D eigenvalue weighted by molar-refractivity contribution is -0.144. The predicted molar refractivity (Wildman–Crippen MR) is 78.6 cm³/mol. The van der Waals surface area contributed by atoms with Crippen molar-refractivity contribution in [2.45, 2.75) is 56.5 Å². The van der Waals surface area contributed by atoms with Crippen molar-refractivity contribution in [3.63, 3.8) is 0 Å². The van der Waals surface area contributed by atoms with Crippen LogP contribution in [0.3, 0.4) is 0 Å². The van der Waals surface area contributed by atoms with E-state index in [9.17, 15) is 9.59 Å². The molecule has 1 atom stereocenters. The number of nitrogens with zero attached hydrogens (tertiary/aromatic N) is 2. The van der Waals surface area contributed by atoms with E-state index in [-0.39, 0.29) is 11.8 Å². The summed E-state index contributed by atoms with van der Waals surface area (Å²) in [6, 6.07) is 0.338. The number of amides is 2. The first-order valence-corrected chi connectivity index (χ1v) is 8.52. The molecule has 2 bridgehead atoms. The Labute approximate surface area is 126 Å². The second-order valence-corrected chi connectivity index (χ2v) is 7.29. The van der Waals surface area contributed by atoms with Crippen LogP contribution in [0.5, 0.6) is 0 Å². The summed E-state index contributed by atoms with van der Waals surface area (Å²) in [5.74, 6) is 0.921. The molecule has 5 nitrogen and oxygen atoms in total. The number of fused-ring (bicyclic) bond motifs is 3. The summed E-state index contributed by atoms with van der Waals surface area (Å²) in [4.78, 5) is 29.8. The average molecular weight is 291 g/mol. The highest BCUT2D eigenvalue weighted by molar-refractivity contribution is 5.94. The van der Waals surface area contributed by atoms with E-state index >= 15 is 0 Å². The SMILES string of the molecule is O=C1CCN(C2CN3CCC2CC3)C(=O)C2(CCCC2)N1. The second-order valence-electron chi connectivity index (χ2n) is 7.29. The van der Waals surface area contributed by atoms with Gasteiger partial charge >= 0.3 is 0 Å². The zero-order valence-corrected chi connectivity index (χ0v) is 12.6. The minimum atomic E-state index is -0.570. The standard InChI is InChI=1S/C16H25N3O2/c20-14-5-10-19(13-11-18-8-3-12(13)4-9-18)15(21)16(17-14)6-1-2-7-16/h12-13H,1-11H2,(H,17,20). The number of nitrogens with one attached hydrogen (secondary N) is 1. The first-order chi connectivity index (χ1) is 10.2. The number of hydrogen-bond donors (Lipinski definition) is 1. The van der Waals surface area contributed by atoms with Crippen molar-refractivity contribution in [2.75, 3.05) is 26.2 Å². The van der Waals surface area contributed by atoms with E-state index in [0.29, 0.717) is 24.9 Å². The maximum Gasteiger partial charge on any atom is 0.248 e. The van der Waals surface area contributed by atoms with Gasteiger partial charge < -0.3 is 15.1 Å². The molecule has 5 rings (SSSR count). The highest BCUT2D eigenvalue weighted by Gasteiger charge is 2.50. The molecule has 4 heterocycles. The predicted octanol–water partition coefficient (Wildman–Crippen LogP) is 0.742. The summed E-state index contributed by atoms with van der Waals surface area (Å²) in [5.41, 5.74) is -0.570. The third-order valence-corrected chi connectivity index (χ3v) is 6.11. The van der Waals surface area contributed by atoms with Crippen LogP contribution < -0.4 is 5.32 Å². The Bertz CT molecular complexity index is 450. The van der Waals surface area contributed by atoms with E-state index in [4.69, 9.17) is 0 Å². The summed E-state index contributed by atoms with van der Waals surface area (Å²) >= 11 is 0. The number of hydrogen-bond acceptors (Lipinski definition) is 3. The Kier molecular flexibility index (Phi) is 3.21. The molecule has 1 N–H and O–H groups in total. The molecule has 0 aromatic heterocycles. The Morgan fingerprint density at radius 3 is 2.38 bits per heavy atom.